The standard InChI is InChI=1S/C23H27FN2O3/c1-3-21(28)25-13-19-23(20(14-27)26(19)22(29)4-2)17-7-5-15(6-8-17)16-9-11-18(24)12-10-16/h5-12,19-20,23,27H,3-4,13-14H2,1-2H3,(H,25,28)/t19-,20-,23-/m1/s1. The maximum absolute atomic E-state index is 13.2. The smallest absolute Gasteiger partial charge is 0.222 e. The van der Waals surface area contributed by atoms with Gasteiger partial charge in [0.2, 0.25) is 11.8 Å². The van der Waals surface area contributed by atoms with Crippen LogP contribution in [-0.2, 0) is 9.59 Å². The van der Waals surface area contributed by atoms with Crippen LogP contribution in [0.25, 0.3) is 11.1 Å². The molecule has 1 heterocycles. The lowest BCUT2D eigenvalue weighted by molar-refractivity contribution is -0.150. The number of nitrogens with zero attached hydrogens (tertiary/aromatic N) is 1. The van der Waals surface area contributed by atoms with Crippen LogP contribution in [0.4, 0.5) is 4.39 Å². The molecule has 0 aliphatic carbocycles. The summed E-state index contributed by atoms with van der Waals surface area (Å²) in [5, 5.41) is 12.8. The molecule has 5 nitrogen and oxygen atoms in total. The van der Waals surface area contributed by atoms with Gasteiger partial charge >= 0.3 is 0 Å². The van der Waals surface area contributed by atoms with Gasteiger partial charge < -0.3 is 15.3 Å². The number of benzene rings is 2. The second-order valence-corrected chi connectivity index (χ2v) is 7.28. The van der Waals surface area contributed by atoms with Crippen LogP contribution in [-0.4, -0.2) is 47.1 Å². The first-order valence-corrected chi connectivity index (χ1v) is 10.0. The molecule has 1 saturated heterocycles. The van der Waals surface area contributed by atoms with E-state index >= 15 is 0 Å². The number of aliphatic hydroxyl groups excluding tert-OH is 1. The molecule has 0 spiro atoms. The topological polar surface area (TPSA) is 69.6 Å². The molecule has 3 atom stereocenters. The Kier molecular flexibility index (Phi) is 6.64. The molecule has 0 unspecified atom stereocenters. The molecule has 0 saturated carbocycles. The number of halogens is 1. The highest BCUT2D eigenvalue weighted by molar-refractivity contribution is 5.79. The molecular weight excluding hydrogens is 371 g/mol. The highest BCUT2D eigenvalue weighted by Crippen LogP contribution is 2.41. The number of hydrogen-bond acceptors (Lipinski definition) is 3. The zero-order chi connectivity index (χ0) is 21.0. The molecule has 2 amide bonds. The van der Waals surface area contributed by atoms with E-state index in [1.165, 1.54) is 12.1 Å². The van der Waals surface area contributed by atoms with E-state index < -0.39 is 0 Å². The van der Waals surface area contributed by atoms with E-state index in [0.29, 0.717) is 19.4 Å². The van der Waals surface area contributed by atoms with Gasteiger partial charge in [0.15, 0.2) is 0 Å². The predicted molar refractivity (Wildman–Crippen MR) is 110 cm³/mol. The summed E-state index contributed by atoms with van der Waals surface area (Å²) in [7, 11) is 0. The number of nitrogens with one attached hydrogen (secondary N) is 1. The number of hydrogen-bond donors (Lipinski definition) is 2. The Hall–Kier alpha value is -2.73. The largest absolute Gasteiger partial charge is 0.394 e. The predicted octanol–water partition coefficient (Wildman–Crippen LogP) is 3.08. The van der Waals surface area contributed by atoms with E-state index in [9.17, 15) is 19.1 Å². The first kappa shape index (κ1) is 21.0. The number of aliphatic hydroxyl groups is 1. The van der Waals surface area contributed by atoms with Gasteiger partial charge in [0.05, 0.1) is 18.7 Å². The fraction of sp³-hybridized carbons (Fsp3) is 0.391. The monoisotopic (exact) mass is 398 g/mol. The van der Waals surface area contributed by atoms with Crippen LogP contribution in [0.3, 0.4) is 0 Å². The van der Waals surface area contributed by atoms with Gasteiger partial charge in [-0.15, -0.1) is 0 Å². The maximum Gasteiger partial charge on any atom is 0.222 e. The number of likely N-dealkylation sites (tertiary alicyclic amines) is 1. The molecule has 2 aromatic rings. The van der Waals surface area contributed by atoms with Crippen LogP contribution in [0.15, 0.2) is 48.5 Å². The van der Waals surface area contributed by atoms with Crippen molar-refractivity contribution in [3.05, 3.63) is 59.9 Å². The van der Waals surface area contributed by atoms with Crippen LogP contribution in [0, 0.1) is 5.82 Å². The average molecular weight is 398 g/mol. The molecule has 29 heavy (non-hydrogen) atoms. The molecule has 0 radical (unpaired) electrons. The second-order valence-electron chi connectivity index (χ2n) is 7.28. The van der Waals surface area contributed by atoms with Crippen LogP contribution in [0.2, 0.25) is 0 Å². The summed E-state index contributed by atoms with van der Waals surface area (Å²) in [6, 6.07) is 13.7. The van der Waals surface area contributed by atoms with Gasteiger partial charge in [-0.25, -0.2) is 4.39 Å². The Morgan fingerprint density at radius 1 is 0.966 bits per heavy atom. The Morgan fingerprint density at radius 2 is 1.55 bits per heavy atom. The molecule has 3 rings (SSSR count). The van der Waals surface area contributed by atoms with Crippen molar-refractivity contribution < 1.29 is 19.1 Å². The maximum atomic E-state index is 13.2. The van der Waals surface area contributed by atoms with E-state index in [0.717, 1.165) is 16.7 Å². The molecule has 2 N–H and O–H groups in total. The molecule has 2 aromatic carbocycles. The summed E-state index contributed by atoms with van der Waals surface area (Å²) in [6.07, 6.45) is 0.736. The fourth-order valence-corrected chi connectivity index (χ4v) is 4.05. The van der Waals surface area contributed by atoms with E-state index in [-0.39, 0.29) is 42.2 Å². The summed E-state index contributed by atoms with van der Waals surface area (Å²) in [4.78, 5) is 25.8. The molecule has 0 bridgehead atoms. The van der Waals surface area contributed by atoms with Gasteiger partial charge in [-0.3, -0.25) is 9.59 Å². The minimum absolute atomic E-state index is 0.0287. The summed E-state index contributed by atoms with van der Waals surface area (Å²) in [5.74, 6) is -0.427. The number of amides is 2. The summed E-state index contributed by atoms with van der Waals surface area (Å²) in [6.45, 7) is 3.81. The van der Waals surface area contributed by atoms with Gasteiger partial charge in [-0.2, -0.15) is 0 Å². The summed E-state index contributed by atoms with van der Waals surface area (Å²) >= 11 is 0. The van der Waals surface area contributed by atoms with Crippen molar-refractivity contribution in [2.24, 2.45) is 0 Å². The van der Waals surface area contributed by atoms with Crippen molar-refractivity contribution in [1.29, 1.82) is 0 Å². The molecular formula is C23H27FN2O3. The van der Waals surface area contributed by atoms with E-state index in [2.05, 4.69) is 5.32 Å². The normalized spacial score (nSPS) is 20.8. The molecule has 1 fully saturated rings. The van der Waals surface area contributed by atoms with Crippen LogP contribution < -0.4 is 5.32 Å². The van der Waals surface area contributed by atoms with E-state index in [4.69, 9.17) is 0 Å². The lowest BCUT2D eigenvalue weighted by Crippen LogP contribution is -2.68. The van der Waals surface area contributed by atoms with Crippen LogP contribution in [0.5, 0.6) is 0 Å². The Labute approximate surface area is 170 Å². The zero-order valence-electron chi connectivity index (χ0n) is 16.8. The number of carbonyl (C=O) groups is 2. The van der Waals surface area contributed by atoms with Crippen molar-refractivity contribution in [3.63, 3.8) is 0 Å². The van der Waals surface area contributed by atoms with Crippen molar-refractivity contribution in [1.82, 2.24) is 10.2 Å². The minimum Gasteiger partial charge on any atom is -0.394 e. The minimum atomic E-state index is -0.303. The molecule has 154 valence electrons. The van der Waals surface area contributed by atoms with Crippen molar-refractivity contribution >= 4 is 11.8 Å². The third-order valence-electron chi connectivity index (χ3n) is 5.62. The Balaban J connectivity index is 1.84. The number of carbonyl (C=O) groups excluding carboxylic acids is 2. The quantitative estimate of drug-likeness (QED) is 0.753. The highest BCUT2D eigenvalue weighted by atomic mass is 19.1. The highest BCUT2D eigenvalue weighted by Gasteiger charge is 2.50. The molecule has 0 aromatic heterocycles. The van der Waals surface area contributed by atoms with Crippen LogP contribution >= 0.6 is 0 Å². The van der Waals surface area contributed by atoms with Crippen molar-refractivity contribution in [3.8, 4) is 11.1 Å². The fourth-order valence-electron chi connectivity index (χ4n) is 4.05. The Bertz CT molecular complexity index is 851. The average Bonchev–Trinajstić information content (AvgIpc) is 2.73. The van der Waals surface area contributed by atoms with Crippen molar-refractivity contribution in [2.75, 3.05) is 13.2 Å². The van der Waals surface area contributed by atoms with Gasteiger partial charge in [-0.05, 0) is 28.8 Å². The zero-order valence-corrected chi connectivity index (χ0v) is 16.8. The third kappa shape index (κ3) is 4.32. The SMILES string of the molecule is CCC(=O)NC[C@@H]1[C@@H](c2ccc(-c3ccc(F)cc3)cc2)[C@@H](CO)N1C(=O)CC. The lowest BCUT2D eigenvalue weighted by Gasteiger charge is -2.55. The van der Waals surface area contributed by atoms with Crippen LogP contribution in [0.1, 0.15) is 38.2 Å². The first-order valence-electron chi connectivity index (χ1n) is 10.0. The third-order valence-corrected chi connectivity index (χ3v) is 5.62. The van der Waals surface area contributed by atoms with E-state index in [1.54, 1.807) is 30.9 Å². The van der Waals surface area contributed by atoms with Gasteiger partial charge in [0, 0.05) is 25.3 Å². The number of rotatable bonds is 7. The molecule has 1 aliphatic heterocycles. The Morgan fingerprint density at radius 3 is 2.07 bits per heavy atom. The van der Waals surface area contributed by atoms with E-state index in [1.807, 2.05) is 24.3 Å². The summed E-state index contributed by atoms with van der Waals surface area (Å²) in [5.41, 5.74) is 2.89. The summed E-state index contributed by atoms with van der Waals surface area (Å²) < 4.78 is 13.2. The van der Waals surface area contributed by atoms with Gasteiger partial charge in [0.25, 0.3) is 0 Å². The lowest BCUT2D eigenvalue weighted by atomic mass is 9.74. The second kappa shape index (κ2) is 9.18. The van der Waals surface area contributed by atoms with Gasteiger partial charge in [0.1, 0.15) is 5.82 Å². The molecule has 1 aliphatic rings. The first-order chi connectivity index (χ1) is 14.0. The molecule has 6 heteroatoms. The van der Waals surface area contributed by atoms with Gasteiger partial charge in [-0.1, -0.05) is 50.2 Å². The van der Waals surface area contributed by atoms with Crippen molar-refractivity contribution in [2.45, 2.75) is 44.7 Å².